The summed E-state index contributed by atoms with van der Waals surface area (Å²) in [7, 11) is 0. The van der Waals surface area contributed by atoms with E-state index in [1.165, 1.54) is 0 Å². The van der Waals surface area contributed by atoms with Crippen LogP contribution in [0.5, 0.6) is 0 Å². The molecule has 4 rings (SSSR count). The number of halogens is 1. The molecule has 1 aromatic heterocycles. The first kappa shape index (κ1) is 17.3. The Morgan fingerprint density at radius 2 is 1.70 bits per heavy atom. The van der Waals surface area contributed by atoms with Crippen LogP contribution in [0, 0.1) is 6.92 Å². The Labute approximate surface area is 162 Å². The molecule has 0 spiro atoms. The summed E-state index contributed by atoms with van der Waals surface area (Å²) in [5.41, 5.74) is 3.32. The van der Waals surface area contributed by atoms with E-state index < -0.39 is 0 Å². The van der Waals surface area contributed by atoms with Crippen molar-refractivity contribution in [2.45, 2.75) is 6.92 Å². The quantitative estimate of drug-likeness (QED) is 0.474. The number of rotatable bonds is 3. The fourth-order valence-electron chi connectivity index (χ4n) is 3.05. The molecule has 0 aliphatic heterocycles. The van der Waals surface area contributed by atoms with Gasteiger partial charge < -0.3 is 0 Å². The number of hydrogen-bond donors (Lipinski definition) is 0. The Morgan fingerprint density at radius 3 is 2.52 bits per heavy atom. The third kappa shape index (κ3) is 3.42. The van der Waals surface area contributed by atoms with Gasteiger partial charge in [-0.3, -0.25) is 9.36 Å². The molecule has 132 valence electrons. The zero-order valence-corrected chi connectivity index (χ0v) is 15.5. The molecule has 4 heteroatoms. The van der Waals surface area contributed by atoms with Gasteiger partial charge in [0.2, 0.25) is 0 Å². The predicted octanol–water partition coefficient (Wildman–Crippen LogP) is 5.52. The van der Waals surface area contributed by atoms with Gasteiger partial charge in [-0.15, -0.1) is 0 Å². The minimum absolute atomic E-state index is 0.0926. The van der Waals surface area contributed by atoms with E-state index in [0.29, 0.717) is 21.7 Å². The van der Waals surface area contributed by atoms with Crippen molar-refractivity contribution in [1.82, 2.24) is 9.55 Å². The van der Waals surface area contributed by atoms with Crippen LogP contribution in [-0.4, -0.2) is 9.55 Å². The number of para-hydroxylation sites is 1. The van der Waals surface area contributed by atoms with Gasteiger partial charge in [0.1, 0.15) is 5.82 Å². The van der Waals surface area contributed by atoms with Crippen molar-refractivity contribution in [1.29, 1.82) is 0 Å². The molecule has 0 saturated heterocycles. The highest BCUT2D eigenvalue weighted by atomic mass is 35.5. The second-order valence-corrected chi connectivity index (χ2v) is 6.73. The van der Waals surface area contributed by atoms with Gasteiger partial charge in [0, 0.05) is 5.02 Å². The van der Waals surface area contributed by atoms with Crippen molar-refractivity contribution in [2.75, 3.05) is 0 Å². The van der Waals surface area contributed by atoms with Crippen LogP contribution in [0.25, 0.3) is 28.7 Å². The Morgan fingerprint density at radius 1 is 0.926 bits per heavy atom. The number of fused-ring (bicyclic) bond motifs is 1. The molecular weight excluding hydrogens is 356 g/mol. The van der Waals surface area contributed by atoms with E-state index in [1.807, 2.05) is 85.8 Å². The molecular formula is C23H17ClN2O. The lowest BCUT2D eigenvalue weighted by Gasteiger charge is -2.12. The summed E-state index contributed by atoms with van der Waals surface area (Å²) in [5, 5.41) is 1.24. The van der Waals surface area contributed by atoms with Crippen LogP contribution in [-0.2, 0) is 0 Å². The van der Waals surface area contributed by atoms with E-state index in [4.69, 9.17) is 16.6 Å². The highest BCUT2D eigenvalue weighted by Gasteiger charge is 2.11. The average Bonchev–Trinajstić information content (AvgIpc) is 2.67. The molecule has 4 aromatic rings. The van der Waals surface area contributed by atoms with E-state index >= 15 is 0 Å². The molecule has 27 heavy (non-hydrogen) atoms. The van der Waals surface area contributed by atoms with Gasteiger partial charge in [-0.2, -0.15) is 0 Å². The lowest BCUT2D eigenvalue weighted by Crippen LogP contribution is -2.22. The molecule has 3 nitrogen and oxygen atoms in total. The second-order valence-electron chi connectivity index (χ2n) is 6.32. The summed E-state index contributed by atoms with van der Waals surface area (Å²) in [5.74, 6) is 0.559. The van der Waals surface area contributed by atoms with Crippen molar-refractivity contribution < 1.29 is 0 Å². The first-order valence-electron chi connectivity index (χ1n) is 8.65. The van der Waals surface area contributed by atoms with E-state index in [0.717, 1.165) is 16.8 Å². The number of aromatic nitrogens is 2. The van der Waals surface area contributed by atoms with Crippen LogP contribution in [0.15, 0.2) is 77.6 Å². The van der Waals surface area contributed by atoms with E-state index in [9.17, 15) is 4.79 Å². The fourth-order valence-corrected chi connectivity index (χ4v) is 3.25. The average molecular weight is 373 g/mol. The first-order chi connectivity index (χ1) is 13.1. The van der Waals surface area contributed by atoms with E-state index in [1.54, 1.807) is 10.6 Å². The molecule has 0 fully saturated rings. The van der Waals surface area contributed by atoms with Crippen molar-refractivity contribution in [3.8, 4) is 5.69 Å². The zero-order valence-electron chi connectivity index (χ0n) is 14.8. The molecule has 0 N–H and O–H groups in total. The summed E-state index contributed by atoms with van der Waals surface area (Å²) in [4.78, 5) is 17.9. The van der Waals surface area contributed by atoms with Gasteiger partial charge in [-0.05, 0) is 60.5 Å². The first-order valence-corrected chi connectivity index (χ1v) is 9.03. The number of benzene rings is 3. The lowest BCUT2D eigenvalue weighted by atomic mass is 10.2. The second kappa shape index (κ2) is 7.22. The molecule has 0 radical (unpaired) electrons. The predicted molar refractivity (Wildman–Crippen MR) is 112 cm³/mol. The number of hydrogen-bond acceptors (Lipinski definition) is 2. The van der Waals surface area contributed by atoms with Gasteiger partial charge in [0.05, 0.1) is 16.6 Å². The Hall–Kier alpha value is -3.17. The van der Waals surface area contributed by atoms with Crippen molar-refractivity contribution >= 4 is 34.7 Å². The van der Waals surface area contributed by atoms with Crippen molar-refractivity contribution in [2.24, 2.45) is 0 Å². The van der Waals surface area contributed by atoms with E-state index in [2.05, 4.69) is 0 Å². The summed E-state index contributed by atoms with van der Waals surface area (Å²) < 4.78 is 1.64. The monoisotopic (exact) mass is 372 g/mol. The SMILES string of the molecule is Cc1cccc(-n2c(/C=C/c3ccccc3Cl)nc3ccccc3c2=O)c1. The molecule has 0 aliphatic rings. The summed E-state index contributed by atoms with van der Waals surface area (Å²) in [6, 6.07) is 22.8. The summed E-state index contributed by atoms with van der Waals surface area (Å²) >= 11 is 6.25. The van der Waals surface area contributed by atoms with Gasteiger partial charge >= 0.3 is 0 Å². The molecule has 3 aromatic carbocycles. The van der Waals surface area contributed by atoms with Crippen LogP contribution >= 0.6 is 11.6 Å². The zero-order chi connectivity index (χ0) is 18.8. The van der Waals surface area contributed by atoms with Crippen molar-refractivity contribution in [3.05, 3.63) is 105 Å². The third-order valence-corrected chi connectivity index (χ3v) is 4.72. The smallest absolute Gasteiger partial charge is 0.266 e. The molecule has 1 heterocycles. The van der Waals surface area contributed by atoms with Crippen LogP contribution in [0.4, 0.5) is 0 Å². The summed E-state index contributed by atoms with van der Waals surface area (Å²) in [6.07, 6.45) is 3.71. The standard InChI is InChI=1S/C23H17ClN2O/c1-16-7-6-9-18(15-16)26-22(14-13-17-8-2-4-11-20(17)24)25-21-12-5-3-10-19(21)23(26)27/h2-15H,1H3/b14-13+. The fraction of sp³-hybridized carbons (Fsp3) is 0.0435. The lowest BCUT2D eigenvalue weighted by molar-refractivity contribution is 0.942. The highest BCUT2D eigenvalue weighted by Crippen LogP contribution is 2.19. The maximum Gasteiger partial charge on any atom is 0.266 e. The van der Waals surface area contributed by atoms with Gasteiger partial charge in [-0.25, -0.2) is 4.98 Å². The van der Waals surface area contributed by atoms with Crippen LogP contribution < -0.4 is 5.56 Å². The Bertz CT molecular complexity index is 1220. The van der Waals surface area contributed by atoms with Gasteiger partial charge in [0.15, 0.2) is 0 Å². The normalized spacial score (nSPS) is 11.3. The topological polar surface area (TPSA) is 34.9 Å². The van der Waals surface area contributed by atoms with E-state index in [-0.39, 0.29) is 5.56 Å². The summed E-state index contributed by atoms with van der Waals surface area (Å²) in [6.45, 7) is 2.00. The van der Waals surface area contributed by atoms with Gasteiger partial charge in [0.25, 0.3) is 5.56 Å². The molecule has 0 atom stereocenters. The Balaban J connectivity index is 1.97. The minimum atomic E-state index is -0.0926. The van der Waals surface area contributed by atoms with Crippen LogP contribution in [0.1, 0.15) is 17.0 Å². The Kier molecular flexibility index (Phi) is 4.61. The molecule has 0 unspecified atom stereocenters. The molecule has 0 aliphatic carbocycles. The van der Waals surface area contributed by atoms with Crippen LogP contribution in [0.2, 0.25) is 5.02 Å². The number of nitrogens with zero attached hydrogens (tertiary/aromatic N) is 2. The maximum atomic E-state index is 13.2. The molecule has 0 saturated carbocycles. The maximum absolute atomic E-state index is 13.2. The third-order valence-electron chi connectivity index (χ3n) is 4.38. The molecule has 0 bridgehead atoms. The molecule has 0 amide bonds. The van der Waals surface area contributed by atoms with Gasteiger partial charge in [-0.1, -0.05) is 54.1 Å². The highest BCUT2D eigenvalue weighted by molar-refractivity contribution is 6.32. The van der Waals surface area contributed by atoms with Crippen LogP contribution in [0.3, 0.4) is 0 Å². The van der Waals surface area contributed by atoms with Crippen molar-refractivity contribution in [3.63, 3.8) is 0 Å². The minimum Gasteiger partial charge on any atom is -0.268 e. The largest absolute Gasteiger partial charge is 0.268 e. The number of aryl methyl sites for hydroxylation is 1.